The number of fused-ring (bicyclic) bond motifs is 2. The zero-order valence-corrected chi connectivity index (χ0v) is 15.0. The first-order valence-corrected chi connectivity index (χ1v) is 8.90. The number of benzene rings is 2. The second-order valence-electron chi connectivity index (χ2n) is 6.54. The van der Waals surface area contributed by atoms with Gasteiger partial charge in [-0.3, -0.25) is 4.79 Å². The predicted molar refractivity (Wildman–Crippen MR) is 103 cm³/mol. The summed E-state index contributed by atoms with van der Waals surface area (Å²) in [4.78, 5) is 12.6. The minimum Gasteiger partial charge on any atom is -0.481 e. The Morgan fingerprint density at radius 1 is 1.25 bits per heavy atom. The molecule has 0 aliphatic carbocycles. The zero-order chi connectivity index (χ0) is 19.5. The molecule has 4 N–H and O–H groups in total. The smallest absolute Gasteiger partial charge is 0.305 e. The Morgan fingerprint density at radius 2 is 2.11 bits per heavy atom. The molecule has 0 spiro atoms. The monoisotopic (exact) mass is 382 g/mol. The van der Waals surface area contributed by atoms with Crippen molar-refractivity contribution in [3.63, 3.8) is 0 Å². The molecule has 1 unspecified atom stereocenters. The van der Waals surface area contributed by atoms with Gasteiger partial charge in [0.1, 0.15) is 16.8 Å². The number of aliphatic hydroxyl groups is 1. The summed E-state index contributed by atoms with van der Waals surface area (Å²) in [5.74, 6) is -0.203. The van der Waals surface area contributed by atoms with E-state index in [1.807, 2.05) is 36.4 Å². The molecule has 0 amide bonds. The SMILES string of the molecule is O=C(O)CCN1[CH]C(O)Cc2cc(OCNc3ccc4n[nH]nc4c3)ccc21. The van der Waals surface area contributed by atoms with Crippen LogP contribution < -0.4 is 15.0 Å². The molecule has 1 aliphatic heterocycles. The fourth-order valence-corrected chi connectivity index (χ4v) is 3.23. The van der Waals surface area contributed by atoms with Crippen molar-refractivity contribution in [1.29, 1.82) is 0 Å². The normalized spacial score (nSPS) is 16.0. The van der Waals surface area contributed by atoms with E-state index in [2.05, 4.69) is 20.7 Å². The molecule has 4 rings (SSSR count). The molecule has 0 saturated heterocycles. The molecule has 0 fully saturated rings. The van der Waals surface area contributed by atoms with Crippen molar-refractivity contribution in [1.82, 2.24) is 15.4 Å². The first kappa shape index (κ1) is 18.1. The topological polar surface area (TPSA) is 124 Å². The van der Waals surface area contributed by atoms with Crippen molar-refractivity contribution < 1.29 is 19.7 Å². The minimum absolute atomic E-state index is 0.000690. The third-order valence-electron chi connectivity index (χ3n) is 4.54. The number of carbonyl (C=O) groups is 1. The van der Waals surface area contributed by atoms with Gasteiger partial charge in [-0.2, -0.15) is 15.4 Å². The van der Waals surface area contributed by atoms with Crippen LogP contribution in [0.25, 0.3) is 11.0 Å². The van der Waals surface area contributed by atoms with Crippen LogP contribution in [-0.4, -0.2) is 51.0 Å². The second kappa shape index (κ2) is 7.73. The maximum absolute atomic E-state index is 10.8. The number of aliphatic carboxylic acids is 1. The molecule has 9 heteroatoms. The van der Waals surface area contributed by atoms with Crippen molar-refractivity contribution in [3.05, 3.63) is 48.5 Å². The van der Waals surface area contributed by atoms with Crippen molar-refractivity contribution in [2.75, 3.05) is 23.5 Å². The molecule has 1 radical (unpaired) electrons. The number of ether oxygens (including phenoxy) is 1. The number of carboxylic acid groups (broad SMARTS) is 1. The van der Waals surface area contributed by atoms with Crippen LogP contribution in [0.5, 0.6) is 5.75 Å². The van der Waals surface area contributed by atoms with E-state index in [0.29, 0.717) is 18.7 Å². The van der Waals surface area contributed by atoms with Gasteiger partial charge in [-0.05, 0) is 42.0 Å². The lowest BCUT2D eigenvalue weighted by molar-refractivity contribution is -0.136. The Hall–Kier alpha value is -3.33. The molecule has 0 saturated carbocycles. The molecule has 1 aliphatic rings. The quantitative estimate of drug-likeness (QED) is 0.456. The molecule has 2 heterocycles. The lowest BCUT2D eigenvalue weighted by Gasteiger charge is -2.33. The summed E-state index contributed by atoms with van der Waals surface area (Å²) >= 11 is 0. The van der Waals surface area contributed by atoms with Gasteiger partial charge >= 0.3 is 5.97 Å². The summed E-state index contributed by atoms with van der Waals surface area (Å²) in [5.41, 5.74) is 4.24. The van der Waals surface area contributed by atoms with Crippen LogP contribution in [0.3, 0.4) is 0 Å². The fraction of sp³-hybridized carbons (Fsp3) is 0.263. The van der Waals surface area contributed by atoms with Gasteiger partial charge < -0.3 is 25.2 Å². The highest BCUT2D eigenvalue weighted by Gasteiger charge is 2.24. The summed E-state index contributed by atoms with van der Waals surface area (Å²) in [6, 6.07) is 11.2. The highest BCUT2D eigenvalue weighted by Crippen LogP contribution is 2.32. The summed E-state index contributed by atoms with van der Waals surface area (Å²) in [6.07, 6.45) is -0.184. The number of nitrogens with zero attached hydrogens (tertiary/aromatic N) is 3. The molecular formula is C19H20N5O4. The van der Waals surface area contributed by atoms with Crippen LogP contribution in [0.4, 0.5) is 11.4 Å². The Kier molecular flexibility index (Phi) is 4.98. The molecule has 1 aromatic heterocycles. The van der Waals surface area contributed by atoms with Crippen LogP contribution in [-0.2, 0) is 11.2 Å². The van der Waals surface area contributed by atoms with Gasteiger partial charge in [-0.1, -0.05) is 0 Å². The first-order valence-electron chi connectivity index (χ1n) is 8.90. The van der Waals surface area contributed by atoms with E-state index >= 15 is 0 Å². The van der Waals surface area contributed by atoms with Gasteiger partial charge in [0.2, 0.25) is 0 Å². The molecule has 1 atom stereocenters. The minimum atomic E-state index is -0.871. The van der Waals surface area contributed by atoms with Crippen molar-refractivity contribution in [3.8, 4) is 5.75 Å². The van der Waals surface area contributed by atoms with Gasteiger partial charge in [-0.25, -0.2) is 0 Å². The van der Waals surface area contributed by atoms with Crippen LogP contribution in [0.2, 0.25) is 0 Å². The van der Waals surface area contributed by atoms with E-state index in [1.165, 1.54) is 0 Å². The van der Waals surface area contributed by atoms with E-state index in [4.69, 9.17) is 9.84 Å². The van der Waals surface area contributed by atoms with Gasteiger partial charge in [-0.15, -0.1) is 0 Å². The molecule has 28 heavy (non-hydrogen) atoms. The van der Waals surface area contributed by atoms with Crippen LogP contribution in [0.1, 0.15) is 12.0 Å². The molecule has 145 valence electrons. The Bertz CT molecular complexity index is 989. The molecule has 3 aromatic rings. The Morgan fingerprint density at radius 3 is 2.96 bits per heavy atom. The van der Waals surface area contributed by atoms with Crippen LogP contribution in [0.15, 0.2) is 36.4 Å². The maximum Gasteiger partial charge on any atom is 0.305 e. The average molecular weight is 382 g/mol. The number of hydrogen-bond donors (Lipinski definition) is 4. The third kappa shape index (κ3) is 3.99. The van der Waals surface area contributed by atoms with E-state index < -0.39 is 12.1 Å². The lowest BCUT2D eigenvalue weighted by atomic mass is 9.99. The number of hydrogen-bond acceptors (Lipinski definition) is 7. The van der Waals surface area contributed by atoms with E-state index in [0.717, 1.165) is 28.0 Å². The summed E-state index contributed by atoms with van der Waals surface area (Å²) in [7, 11) is 0. The highest BCUT2D eigenvalue weighted by molar-refractivity contribution is 5.77. The number of aromatic amines is 1. The largest absolute Gasteiger partial charge is 0.481 e. The molecular weight excluding hydrogens is 362 g/mol. The number of aromatic nitrogens is 3. The van der Waals surface area contributed by atoms with E-state index in [9.17, 15) is 9.90 Å². The number of anilines is 2. The summed E-state index contributed by atoms with van der Waals surface area (Å²) in [5, 5.41) is 32.8. The number of aliphatic hydroxyl groups excluding tert-OH is 1. The lowest BCUT2D eigenvalue weighted by Crippen LogP contribution is -2.35. The zero-order valence-electron chi connectivity index (χ0n) is 15.0. The Labute approximate surface area is 160 Å². The number of nitrogens with one attached hydrogen (secondary N) is 2. The molecule has 9 nitrogen and oxygen atoms in total. The molecule has 0 bridgehead atoms. The molecule has 2 aromatic carbocycles. The van der Waals surface area contributed by atoms with Gasteiger partial charge in [0.05, 0.1) is 19.1 Å². The van der Waals surface area contributed by atoms with Crippen molar-refractivity contribution in [2.45, 2.75) is 18.9 Å². The van der Waals surface area contributed by atoms with Crippen LogP contribution >= 0.6 is 0 Å². The average Bonchev–Trinajstić information content (AvgIpc) is 3.13. The first-order chi connectivity index (χ1) is 13.6. The van der Waals surface area contributed by atoms with E-state index in [1.54, 1.807) is 11.4 Å². The number of rotatable bonds is 7. The highest BCUT2D eigenvalue weighted by atomic mass is 16.5. The fourth-order valence-electron chi connectivity index (χ4n) is 3.23. The van der Waals surface area contributed by atoms with Crippen LogP contribution in [0, 0.1) is 6.54 Å². The van der Waals surface area contributed by atoms with E-state index in [-0.39, 0.29) is 13.2 Å². The van der Waals surface area contributed by atoms with Gasteiger partial charge in [0.25, 0.3) is 0 Å². The van der Waals surface area contributed by atoms with Crippen molar-refractivity contribution in [2.24, 2.45) is 0 Å². The standard InChI is InChI=1S/C19H20N5O4/c25-14-7-12-8-15(2-4-18(12)24(10-14)6-5-19(26)27)28-11-20-13-1-3-16-17(9-13)22-23-21-16/h1-4,8-10,14,20,25H,5-7,11H2,(H,26,27)(H,21,22,23). The second-order valence-corrected chi connectivity index (χ2v) is 6.54. The summed E-state index contributed by atoms with van der Waals surface area (Å²) < 4.78 is 5.78. The predicted octanol–water partition coefficient (Wildman–Crippen LogP) is 1.77. The summed E-state index contributed by atoms with van der Waals surface area (Å²) in [6.45, 7) is 2.23. The van der Waals surface area contributed by atoms with Gasteiger partial charge in [0, 0.05) is 24.3 Å². The van der Waals surface area contributed by atoms with Crippen molar-refractivity contribution >= 4 is 28.4 Å². The third-order valence-corrected chi connectivity index (χ3v) is 4.54. The maximum atomic E-state index is 10.8. The van der Waals surface area contributed by atoms with Gasteiger partial charge in [0.15, 0.2) is 6.73 Å². The Balaban J connectivity index is 1.40. The number of H-pyrrole nitrogens is 1. The number of carboxylic acids is 1.